The van der Waals surface area contributed by atoms with Gasteiger partial charge in [-0.3, -0.25) is 4.79 Å². The molecule has 2 aromatic rings. The first-order valence-corrected chi connectivity index (χ1v) is 10.9. The summed E-state index contributed by atoms with van der Waals surface area (Å²) in [5.74, 6) is 0.699. The molecule has 0 aliphatic carbocycles. The number of nitrogens with one attached hydrogen (secondary N) is 1. The van der Waals surface area contributed by atoms with Crippen molar-refractivity contribution in [2.24, 2.45) is 0 Å². The number of thiophene rings is 1. The molecule has 1 amide bonds. The summed E-state index contributed by atoms with van der Waals surface area (Å²) < 4.78 is 23.2. The Labute approximate surface area is 152 Å². The van der Waals surface area contributed by atoms with Crippen molar-refractivity contribution in [2.75, 3.05) is 11.5 Å². The van der Waals surface area contributed by atoms with Gasteiger partial charge >= 0.3 is 0 Å². The number of hydrogen-bond donors (Lipinski definition) is 1. The van der Waals surface area contributed by atoms with Gasteiger partial charge in [-0.15, -0.1) is 11.3 Å². The Kier molecular flexibility index (Phi) is 4.39. The van der Waals surface area contributed by atoms with Crippen LogP contribution in [0, 0.1) is 13.8 Å². The third kappa shape index (κ3) is 3.55. The SMILES string of the molecule is Cc1nc(C(C)(C)C)nc2sc(C(=O)N[C@H]3CCS(=O)(=O)C3)c(C)c12. The lowest BCUT2D eigenvalue weighted by atomic mass is 9.95. The lowest BCUT2D eigenvalue weighted by Crippen LogP contribution is -2.35. The van der Waals surface area contributed by atoms with E-state index < -0.39 is 9.84 Å². The van der Waals surface area contributed by atoms with Gasteiger partial charge in [0.2, 0.25) is 0 Å². The molecule has 136 valence electrons. The second-order valence-corrected chi connectivity index (χ2v) is 10.9. The van der Waals surface area contributed by atoms with Gasteiger partial charge in [0.25, 0.3) is 5.91 Å². The highest BCUT2D eigenvalue weighted by Gasteiger charge is 2.30. The predicted molar refractivity (Wildman–Crippen MR) is 100 cm³/mol. The number of aromatic nitrogens is 2. The Morgan fingerprint density at radius 1 is 1.24 bits per heavy atom. The molecule has 1 N–H and O–H groups in total. The van der Waals surface area contributed by atoms with Gasteiger partial charge in [-0.1, -0.05) is 20.8 Å². The fraction of sp³-hybridized carbons (Fsp3) is 0.588. The van der Waals surface area contributed by atoms with Crippen molar-refractivity contribution in [2.45, 2.75) is 52.5 Å². The van der Waals surface area contributed by atoms with Gasteiger partial charge in [0.1, 0.15) is 10.7 Å². The molecule has 1 saturated heterocycles. The van der Waals surface area contributed by atoms with Crippen molar-refractivity contribution in [3.05, 3.63) is 22.0 Å². The van der Waals surface area contributed by atoms with E-state index in [-0.39, 0.29) is 28.9 Å². The van der Waals surface area contributed by atoms with E-state index in [1.165, 1.54) is 11.3 Å². The molecule has 0 spiro atoms. The summed E-state index contributed by atoms with van der Waals surface area (Å²) in [6.45, 7) is 10.0. The number of aryl methyl sites for hydroxylation is 2. The molecule has 1 aliphatic rings. The third-order valence-corrected chi connectivity index (χ3v) is 7.37. The molecular weight excluding hydrogens is 358 g/mol. The lowest BCUT2D eigenvalue weighted by Gasteiger charge is -2.16. The van der Waals surface area contributed by atoms with Gasteiger partial charge in [0.05, 0.1) is 22.1 Å². The summed E-state index contributed by atoms with van der Waals surface area (Å²) in [5, 5.41) is 3.78. The van der Waals surface area contributed by atoms with E-state index in [1.807, 2.05) is 13.8 Å². The minimum Gasteiger partial charge on any atom is -0.348 e. The minimum absolute atomic E-state index is 0.0235. The van der Waals surface area contributed by atoms with Gasteiger partial charge in [0.15, 0.2) is 9.84 Å². The molecular formula is C17H23N3O3S2. The van der Waals surface area contributed by atoms with Crippen molar-refractivity contribution in [3.8, 4) is 0 Å². The standard InChI is InChI=1S/C17H23N3O3S2/c1-9-12-10(2)18-16(17(3,4)5)20-15(12)24-13(9)14(21)19-11-6-7-25(22,23)8-11/h11H,6-8H2,1-5H3,(H,19,21)/t11-/m0/s1. The molecule has 0 unspecified atom stereocenters. The second kappa shape index (κ2) is 6.02. The second-order valence-electron chi connectivity index (χ2n) is 7.69. The third-order valence-electron chi connectivity index (χ3n) is 4.42. The fourth-order valence-corrected chi connectivity index (χ4v) is 5.86. The zero-order valence-corrected chi connectivity index (χ0v) is 16.8. The van der Waals surface area contributed by atoms with E-state index in [9.17, 15) is 13.2 Å². The molecule has 2 aromatic heterocycles. The summed E-state index contributed by atoms with van der Waals surface area (Å²) in [5.41, 5.74) is 1.56. The smallest absolute Gasteiger partial charge is 0.261 e. The van der Waals surface area contributed by atoms with Gasteiger partial charge in [-0.05, 0) is 25.8 Å². The quantitative estimate of drug-likeness (QED) is 0.863. The number of carbonyl (C=O) groups excluding carboxylic acids is 1. The first kappa shape index (κ1) is 18.3. The summed E-state index contributed by atoms with van der Waals surface area (Å²) in [7, 11) is -3.02. The van der Waals surface area contributed by atoms with Crippen LogP contribution in [0.4, 0.5) is 0 Å². The van der Waals surface area contributed by atoms with E-state index in [0.29, 0.717) is 11.3 Å². The number of amides is 1. The zero-order valence-electron chi connectivity index (χ0n) is 15.1. The molecule has 3 rings (SSSR count). The molecule has 0 saturated carbocycles. The maximum atomic E-state index is 12.7. The Morgan fingerprint density at radius 2 is 1.92 bits per heavy atom. The maximum Gasteiger partial charge on any atom is 0.261 e. The van der Waals surface area contributed by atoms with Gasteiger partial charge in [-0.2, -0.15) is 0 Å². The van der Waals surface area contributed by atoms with Gasteiger partial charge in [-0.25, -0.2) is 18.4 Å². The molecule has 0 radical (unpaired) electrons. The largest absolute Gasteiger partial charge is 0.348 e. The molecule has 1 atom stereocenters. The van der Waals surface area contributed by atoms with Gasteiger partial charge < -0.3 is 5.32 Å². The molecule has 3 heterocycles. The Bertz CT molecular complexity index is 956. The van der Waals surface area contributed by atoms with E-state index in [4.69, 9.17) is 0 Å². The minimum atomic E-state index is -3.02. The van der Waals surface area contributed by atoms with Crippen LogP contribution < -0.4 is 5.32 Å². The average Bonchev–Trinajstić information content (AvgIpc) is 2.98. The molecule has 1 fully saturated rings. The topological polar surface area (TPSA) is 89.0 Å². The fourth-order valence-electron chi connectivity index (χ4n) is 3.05. The molecule has 0 aromatic carbocycles. The maximum absolute atomic E-state index is 12.7. The number of rotatable bonds is 2. The van der Waals surface area contributed by atoms with Crippen LogP contribution in [0.5, 0.6) is 0 Å². The van der Waals surface area contributed by atoms with E-state index >= 15 is 0 Å². The van der Waals surface area contributed by atoms with E-state index in [0.717, 1.165) is 27.3 Å². The Balaban J connectivity index is 1.96. The number of fused-ring (bicyclic) bond motifs is 1. The monoisotopic (exact) mass is 381 g/mol. The highest BCUT2D eigenvalue weighted by molar-refractivity contribution is 7.91. The van der Waals surface area contributed by atoms with Crippen molar-refractivity contribution in [1.29, 1.82) is 0 Å². The van der Waals surface area contributed by atoms with Crippen LogP contribution in [0.25, 0.3) is 10.2 Å². The molecule has 6 nitrogen and oxygen atoms in total. The number of hydrogen-bond acceptors (Lipinski definition) is 6. The summed E-state index contributed by atoms with van der Waals surface area (Å²) in [6, 6.07) is -0.306. The van der Waals surface area contributed by atoms with Crippen LogP contribution in [0.2, 0.25) is 0 Å². The van der Waals surface area contributed by atoms with Crippen molar-refractivity contribution < 1.29 is 13.2 Å². The summed E-state index contributed by atoms with van der Waals surface area (Å²) in [6.07, 6.45) is 0.477. The first-order valence-electron chi connectivity index (χ1n) is 8.27. The van der Waals surface area contributed by atoms with Crippen molar-refractivity contribution >= 4 is 37.3 Å². The predicted octanol–water partition coefficient (Wildman–Crippen LogP) is 2.52. The van der Waals surface area contributed by atoms with Crippen molar-refractivity contribution in [3.63, 3.8) is 0 Å². The summed E-state index contributed by atoms with van der Waals surface area (Å²) >= 11 is 1.35. The Hall–Kier alpha value is -1.54. The van der Waals surface area contributed by atoms with Crippen molar-refractivity contribution in [1.82, 2.24) is 15.3 Å². The number of sulfone groups is 1. The average molecular weight is 382 g/mol. The van der Waals surface area contributed by atoms with Crippen LogP contribution in [0.3, 0.4) is 0 Å². The van der Waals surface area contributed by atoms with E-state index in [2.05, 4.69) is 36.1 Å². The summed E-state index contributed by atoms with van der Waals surface area (Å²) in [4.78, 5) is 23.3. The molecule has 0 bridgehead atoms. The lowest BCUT2D eigenvalue weighted by molar-refractivity contribution is 0.0945. The van der Waals surface area contributed by atoms with E-state index in [1.54, 1.807) is 0 Å². The van der Waals surface area contributed by atoms with Crippen LogP contribution >= 0.6 is 11.3 Å². The molecule has 1 aliphatic heterocycles. The number of carbonyl (C=O) groups is 1. The highest BCUT2D eigenvalue weighted by Crippen LogP contribution is 2.33. The van der Waals surface area contributed by atoms with Crippen LogP contribution in [0.15, 0.2) is 0 Å². The normalized spacial score (nSPS) is 20.1. The van der Waals surface area contributed by atoms with Crippen LogP contribution in [-0.4, -0.2) is 41.8 Å². The Morgan fingerprint density at radius 3 is 2.48 bits per heavy atom. The zero-order chi connectivity index (χ0) is 18.6. The van der Waals surface area contributed by atoms with Crippen LogP contribution in [-0.2, 0) is 15.3 Å². The molecule has 25 heavy (non-hydrogen) atoms. The van der Waals surface area contributed by atoms with Gasteiger partial charge in [0, 0.05) is 16.8 Å². The molecule has 8 heteroatoms. The highest BCUT2D eigenvalue weighted by atomic mass is 32.2. The number of nitrogens with zero attached hydrogens (tertiary/aromatic N) is 2. The first-order chi connectivity index (χ1) is 11.5. The van der Waals surface area contributed by atoms with Crippen LogP contribution in [0.1, 0.15) is 53.9 Å².